The van der Waals surface area contributed by atoms with Crippen molar-refractivity contribution < 1.29 is 9.34 Å². The van der Waals surface area contributed by atoms with E-state index in [1.807, 2.05) is 6.92 Å². The molecule has 7 heteroatoms. The van der Waals surface area contributed by atoms with Crippen LogP contribution >= 0.6 is 0 Å². The minimum atomic E-state index is -0.408. The number of benzene rings is 1. The fraction of sp³-hybridized carbons (Fsp3) is 0.385. The van der Waals surface area contributed by atoms with Crippen LogP contribution in [0.4, 0.5) is 5.69 Å². The van der Waals surface area contributed by atoms with Gasteiger partial charge in [-0.2, -0.15) is 0 Å². The number of hydrogen-bond acceptors (Lipinski definition) is 6. The highest BCUT2D eigenvalue weighted by molar-refractivity contribution is 5.58. The molecule has 0 aliphatic heterocycles. The molecule has 0 amide bonds. The van der Waals surface area contributed by atoms with Gasteiger partial charge in [-0.05, 0) is 25.6 Å². The highest BCUT2D eigenvalue weighted by Crippen LogP contribution is 2.25. The Morgan fingerprint density at radius 2 is 2.20 bits per heavy atom. The van der Waals surface area contributed by atoms with Crippen molar-refractivity contribution in [1.82, 2.24) is 15.5 Å². The molecular weight excluding hydrogens is 260 g/mol. The molecule has 0 saturated carbocycles. The van der Waals surface area contributed by atoms with Gasteiger partial charge in [0, 0.05) is 30.2 Å². The Morgan fingerprint density at radius 1 is 1.40 bits per heavy atom. The van der Waals surface area contributed by atoms with Gasteiger partial charge < -0.3 is 9.73 Å². The van der Waals surface area contributed by atoms with E-state index >= 15 is 0 Å². The molecule has 0 saturated heterocycles. The van der Waals surface area contributed by atoms with Crippen molar-refractivity contribution in [2.45, 2.75) is 20.3 Å². The Kier molecular flexibility index (Phi) is 4.41. The summed E-state index contributed by atoms with van der Waals surface area (Å²) in [5.41, 5.74) is 1.34. The van der Waals surface area contributed by atoms with Crippen molar-refractivity contribution in [2.75, 3.05) is 13.1 Å². The third-order valence-corrected chi connectivity index (χ3v) is 2.87. The molecule has 0 fully saturated rings. The molecule has 106 valence electrons. The van der Waals surface area contributed by atoms with E-state index in [9.17, 15) is 10.1 Å². The van der Waals surface area contributed by atoms with E-state index < -0.39 is 4.92 Å². The van der Waals surface area contributed by atoms with Crippen LogP contribution < -0.4 is 5.32 Å². The van der Waals surface area contributed by atoms with E-state index in [0.717, 1.165) is 13.1 Å². The molecule has 0 bridgehead atoms. The third-order valence-electron chi connectivity index (χ3n) is 2.87. The highest BCUT2D eigenvalue weighted by atomic mass is 16.6. The number of nitro groups is 1. The average Bonchev–Trinajstić information content (AvgIpc) is 2.87. The Morgan fingerprint density at radius 3 is 2.85 bits per heavy atom. The molecular formula is C13H16N4O3. The van der Waals surface area contributed by atoms with Crippen molar-refractivity contribution in [1.29, 1.82) is 0 Å². The lowest BCUT2D eigenvalue weighted by Gasteiger charge is -1.99. The quantitative estimate of drug-likeness (QED) is 0.493. The highest BCUT2D eigenvalue weighted by Gasteiger charge is 2.14. The zero-order valence-corrected chi connectivity index (χ0v) is 11.4. The molecule has 1 aromatic heterocycles. The number of hydrogen-bond donors (Lipinski definition) is 1. The lowest BCUT2D eigenvalue weighted by molar-refractivity contribution is -0.385. The maximum atomic E-state index is 10.8. The van der Waals surface area contributed by atoms with Crippen molar-refractivity contribution in [2.24, 2.45) is 0 Å². The molecule has 2 aromatic rings. The topological polar surface area (TPSA) is 94.1 Å². The molecule has 0 aliphatic rings. The lowest BCUT2D eigenvalue weighted by Crippen LogP contribution is -2.16. The van der Waals surface area contributed by atoms with Crippen molar-refractivity contribution in [3.8, 4) is 11.5 Å². The standard InChI is InChI=1S/C13H16N4O3/c1-3-14-7-6-12-15-16-13(20-12)10-4-5-11(17(18)19)9(2)8-10/h4-5,8,14H,3,6-7H2,1-2H3. The van der Waals surface area contributed by atoms with Crippen LogP contribution in [0.2, 0.25) is 0 Å². The summed E-state index contributed by atoms with van der Waals surface area (Å²) in [6.07, 6.45) is 0.660. The van der Waals surface area contributed by atoms with E-state index in [4.69, 9.17) is 4.42 Å². The van der Waals surface area contributed by atoms with Crippen LogP contribution in [0.1, 0.15) is 18.4 Å². The Bertz CT molecular complexity index is 609. The maximum absolute atomic E-state index is 10.8. The number of aryl methyl sites for hydroxylation is 1. The molecule has 0 atom stereocenters. The zero-order valence-electron chi connectivity index (χ0n) is 11.4. The first-order valence-electron chi connectivity index (χ1n) is 6.40. The first-order valence-corrected chi connectivity index (χ1v) is 6.40. The largest absolute Gasteiger partial charge is 0.421 e. The molecule has 1 aromatic carbocycles. The van der Waals surface area contributed by atoms with E-state index in [0.29, 0.717) is 29.3 Å². The van der Waals surface area contributed by atoms with E-state index in [1.54, 1.807) is 19.1 Å². The van der Waals surface area contributed by atoms with Crippen molar-refractivity contribution >= 4 is 5.69 Å². The van der Waals surface area contributed by atoms with Crippen molar-refractivity contribution in [3.63, 3.8) is 0 Å². The number of rotatable bonds is 6. The Hall–Kier alpha value is -2.28. The molecule has 1 N–H and O–H groups in total. The van der Waals surface area contributed by atoms with Crippen LogP contribution in [-0.4, -0.2) is 28.2 Å². The summed E-state index contributed by atoms with van der Waals surface area (Å²) >= 11 is 0. The van der Waals surface area contributed by atoms with Gasteiger partial charge in [-0.15, -0.1) is 10.2 Å². The normalized spacial score (nSPS) is 10.7. The smallest absolute Gasteiger partial charge is 0.272 e. The summed E-state index contributed by atoms with van der Waals surface area (Å²) in [5.74, 6) is 0.937. The van der Waals surface area contributed by atoms with Gasteiger partial charge in [0.25, 0.3) is 5.69 Å². The van der Waals surface area contributed by atoms with Gasteiger partial charge in [0.1, 0.15) is 0 Å². The second-order valence-electron chi connectivity index (χ2n) is 4.36. The van der Waals surface area contributed by atoms with Crippen LogP contribution in [-0.2, 0) is 6.42 Å². The Balaban J connectivity index is 2.15. The number of nitrogens with one attached hydrogen (secondary N) is 1. The van der Waals surface area contributed by atoms with Crippen LogP contribution in [0.5, 0.6) is 0 Å². The summed E-state index contributed by atoms with van der Waals surface area (Å²) in [5, 5.41) is 21.9. The first kappa shape index (κ1) is 14.1. The average molecular weight is 276 g/mol. The minimum absolute atomic E-state index is 0.0839. The van der Waals surface area contributed by atoms with Gasteiger partial charge in [0.15, 0.2) is 0 Å². The molecule has 0 aliphatic carbocycles. The Labute approximate surface area is 116 Å². The summed E-state index contributed by atoms with van der Waals surface area (Å²) in [6, 6.07) is 4.75. The third kappa shape index (κ3) is 3.18. The fourth-order valence-electron chi connectivity index (χ4n) is 1.84. The molecule has 0 spiro atoms. The van der Waals surface area contributed by atoms with E-state index in [-0.39, 0.29) is 5.69 Å². The molecule has 7 nitrogen and oxygen atoms in total. The first-order chi connectivity index (χ1) is 9.61. The summed E-state index contributed by atoms with van der Waals surface area (Å²) < 4.78 is 5.54. The number of likely N-dealkylation sites (N-methyl/N-ethyl adjacent to an activating group) is 1. The van der Waals surface area contributed by atoms with Gasteiger partial charge in [-0.3, -0.25) is 10.1 Å². The minimum Gasteiger partial charge on any atom is -0.421 e. The molecule has 20 heavy (non-hydrogen) atoms. The fourth-order valence-corrected chi connectivity index (χ4v) is 1.84. The van der Waals surface area contributed by atoms with Gasteiger partial charge in [-0.25, -0.2) is 0 Å². The lowest BCUT2D eigenvalue weighted by atomic mass is 10.1. The maximum Gasteiger partial charge on any atom is 0.272 e. The monoisotopic (exact) mass is 276 g/mol. The molecule has 0 unspecified atom stereocenters. The molecule has 2 rings (SSSR count). The van der Waals surface area contributed by atoms with Gasteiger partial charge in [0.2, 0.25) is 11.8 Å². The van der Waals surface area contributed by atoms with Crippen LogP contribution in [0.15, 0.2) is 22.6 Å². The zero-order chi connectivity index (χ0) is 14.5. The predicted octanol–water partition coefficient (Wildman–Crippen LogP) is 2.11. The van der Waals surface area contributed by atoms with Gasteiger partial charge in [0.05, 0.1) is 4.92 Å². The SMILES string of the molecule is CCNCCc1nnc(-c2ccc([N+](=O)[O-])c(C)c2)o1. The van der Waals surface area contributed by atoms with E-state index in [2.05, 4.69) is 15.5 Å². The number of nitrogens with zero attached hydrogens (tertiary/aromatic N) is 3. The summed E-state index contributed by atoms with van der Waals surface area (Å²) in [6.45, 7) is 5.38. The van der Waals surface area contributed by atoms with Gasteiger partial charge in [-0.1, -0.05) is 6.92 Å². The summed E-state index contributed by atoms with van der Waals surface area (Å²) in [7, 11) is 0. The van der Waals surface area contributed by atoms with Crippen LogP contribution in [0, 0.1) is 17.0 Å². The van der Waals surface area contributed by atoms with E-state index in [1.165, 1.54) is 6.07 Å². The van der Waals surface area contributed by atoms with Crippen LogP contribution in [0.3, 0.4) is 0 Å². The van der Waals surface area contributed by atoms with Gasteiger partial charge >= 0.3 is 0 Å². The van der Waals surface area contributed by atoms with Crippen molar-refractivity contribution in [3.05, 3.63) is 39.8 Å². The summed E-state index contributed by atoms with van der Waals surface area (Å²) in [4.78, 5) is 10.4. The number of aromatic nitrogens is 2. The predicted molar refractivity (Wildman–Crippen MR) is 73.4 cm³/mol. The number of nitro benzene ring substituents is 1. The molecule has 0 radical (unpaired) electrons. The second kappa shape index (κ2) is 6.25. The van der Waals surface area contributed by atoms with Crippen LogP contribution in [0.25, 0.3) is 11.5 Å². The second-order valence-corrected chi connectivity index (χ2v) is 4.36. The molecule has 1 heterocycles.